The molecule has 1 N–H and O–H groups in total. The van der Waals surface area contributed by atoms with Crippen LogP contribution in [0.15, 0.2) is 16.7 Å². The molecule has 0 aliphatic carbocycles. The zero-order chi connectivity index (χ0) is 15.7. The van der Waals surface area contributed by atoms with E-state index in [1.54, 1.807) is 0 Å². The van der Waals surface area contributed by atoms with Gasteiger partial charge in [0, 0.05) is 35.9 Å². The van der Waals surface area contributed by atoms with Gasteiger partial charge in [-0.25, -0.2) is 4.98 Å². The lowest BCUT2D eigenvalue weighted by Gasteiger charge is -2.28. The van der Waals surface area contributed by atoms with Gasteiger partial charge >= 0.3 is 0 Å². The highest BCUT2D eigenvalue weighted by Gasteiger charge is 2.15. The molecule has 120 valence electrons. The number of nitrogens with zero attached hydrogens (tertiary/aromatic N) is 2. The molecule has 0 aliphatic heterocycles. The summed E-state index contributed by atoms with van der Waals surface area (Å²) in [5, 5.41) is 3.49. The summed E-state index contributed by atoms with van der Waals surface area (Å²) < 4.78 is 1.05. The van der Waals surface area contributed by atoms with Crippen molar-refractivity contribution < 1.29 is 0 Å². The highest BCUT2D eigenvalue weighted by Crippen LogP contribution is 2.23. The predicted molar refractivity (Wildman–Crippen MR) is 95.9 cm³/mol. The van der Waals surface area contributed by atoms with E-state index in [-0.39, 0.29) is 0 Å². The van der Waals surface area contributed by atoms with Gasteiger partial charge in [-0.15, -0.1) is 0 Å². The van der Waals surface area contributed by atoms with Crippen molar-refractivity contribution in [3.63, 3.8) is 0 Å². The Balaban J connectivity index is 2.90. The van der Waals surface area contributed by atoms with Crippen molar-refractivity contribution in [1.29, 1.82) is 0 Å². The van der Waals surface area contributed by atoms with E-state index in [2.05, 4.69) is 64.9 Å². The molecule has 21 heavy (non-hydrogen) atoms. The quantitative estimate of drug-likeness (QED) is 0.621. The van der Waals surface area contributed by atoms with Gasteiger partial charge in [0.2, 0.25) is 0 Å². The molecule has 0 amide bonds. The molecule has 0 bridgehead atoms. The largest absolute Gasteiger partial charge is 0.356 e. The SMILES string of the molecule is CCCNCc1cc(Br)cnc1N(CC)CC(CC)CC. The molecule has 3 nitrogen and oxygen atoms in total. The zero-order valence-electron chi connectivity index (χ0n) is 14.0. The lowest BCUT2D eigenvalue weighted by molar-refractivity contribution is 0.483. The molecule has 1 aromatic heterocycles. The number of pyridine rings is 1. The Bertz CT molecular complexity index is 405. The van der Waals surface area contributed by atoms with Gasteiger partial charge in [-0.3, -0.25) is 0 Å². The Morgan fingerprint density at radius 2 is 1.95 bits per heavy atom. The van der Waals surface area contributed by atoms with E-state index < -0.39 is 0 Å². The molecule has 4 heteroatoms. The Labute approximate surface area is 138 Å². The summed E-state index contributed by atoms with van der Waals surface area (Å²) in [5.74, 6) is 1.88. The Morgan fingerprint density at radius 3 is 2.52 bits per heavy atom. The molecule has 0 spiro atoms. The third-order valence-electron chi connectivity index (χ3n) is 3.97. The van der Waals surface area contributed by atoms with Crippen LogP contribution in [0.1, 0.15) is 52.5 Å². The van der Waals surface area contributed by atoms with Crippen LogP contribution < -0.4 is 10.2 Å². The number of hydrogen-bond donors (Lipinski definition) is 1. The summed E-state index contributed by atoms with van der Waals surface area (Å²) in [7, 11) is 0. The van der Waals surface area contributed by atoms with Crippen LogP contribution in [0.2, 0.25) is 0 Å². The summed E-state index contributed by atoms with van der Waals surface area (Å²) >= 11 is 3.55. The van der Waals surface area contributed by atoms with Crippen LogP contribution in [0, 0.1) is 5.92 Å². The summed E-state index contributed by atoms with van der Waals surface area (Å²) in [6, 6.07) is 2.19. The van der Waals surface area contributed by atoms with Crippen LogP contribution in [0.25, 0.3) is 0 Å². The van der Waals surface area contributed by atoms with Crippen LogP contribution in [-0.4, -0.2) is 24.6 Å². The minimum Gasteiger partial charge on any atom is -0.356 e. The van der Waals surface area contributed by atoms with Crippen molar-refractivity contribution in [3.05, 3.63) is 22.3 Å². The standard InChI is InChI=1S/C17H30BrN3/c1-5-9-19-11-15-10-16(18)12-20-17(15)21(8-4)13-14(6-2)7-3/h10,12,14,19H,5-9,11,13H2,1-4H3. The van der Waals surface area contributed by atoms with Crippen LogP contribution in [-0.2, 0) is 6.54 Å². The highest BCUT2D eigenvalue weighted by molar-refractivity contribution is 9.10. The molecule has 1 heterocycles. The van der Waals surface area contributed by atoms with Gasteiger partial charge in [-0.2, -0.15) is 0 Å². The molecule has 1 aromatic rings. The number of rotatable bonds is 10. The molecule has 0 radical (unpaired) electrons. The van der Waals surface area contributed by atoms with Crippen LogP contribution in [0.5, 0.6) is 0 Å². The van der Waals surface area contributed by atoms with E-state index in [4.69, 9.17) is 0 Å². The van der Waals surface area contributed by atoms with Crippen molar-refractivity contribution in [2.24, 2.45) is 5.92 Å². The van der Waals surface area contributed by atoms with Gasteiger partial charge in [-0.1, -0.05) is 33.6 Å². The minimum absolute atomic E-state index is 0.742. The second kappa shape index (κ2) is 10.2. The fraction of sp³-hybridized carbons (Fsp3) is 0.706. The fourth-order valence-corrected chi connectivity index (χ4v) is 2.89. The zero-order valence-corrected chi connectivity index (χ0v) is 15.5. The summed E-state index contributed by atoms with van der Waals surface area (Å²) in [4.78, 5) is 7.11. The maximum atomic E-state index is 4.69. The molecule has 0 atom stereocenters. The smallest absolute Gasteiger partial charge is 0.133 e. The first kappa shape index (κ1) is 18.4. The molecule has 0 aromatic carbocycles. The van der Waals surface area contributed by atoms with Gasteiger partial charge < -0.3 is 10.2 Å². The van der Waals surface area contributed by atoms with Gasteiger partial charge in [0.1, 0.15) is 5.82 Å². The predicted octanol–water partition coefficient (Wildman–Crippen LogP) is 4.61. The normalized spacial score (nSPS) is 11.1. The molecule has 0 aliphatic rings. The third kappa shape index (κ3) is 5.95. The lowest BCUT2D eigenvalue weighted by atomic mass is 10.0. The molecule has 1 rings (SSSR count). The number of nitrogens with one attached hydrogen (secondary N) is 1. The first-order valence-corrected chi connectivity index (χ1v) is 9.05. The Morgan fingerprint density at radius 1 is 1.24 bits per heavy atom. The third-order valence-corrected chi connectivity index (χ3v) is 4.40. The molecule has 0 fully saturated rings. The second-order valence-corrected chi connectivity index (χ2v) is 6.45. The number of anilines is 1. The maximum absolute atomic E-state index is 4.69. The molecule has 0 saturated carbocycles. The highest BCUT2D eigenvalue weighted by atomic mass is 79.9. The van der Waals surface area contributed by atoms with Crippen molar-refractivity contribution in [3.8, 4) is 0 Å². The van der Waals surface area contributed by atoms with Crippen molar-refractivity contribution in [2.75, 3.05) is 24.5 Å². The van der Waals surface area contributed by atoms with E-state index in [0.29, 0.717) is 0 Å². The van der Waals surface area contributed by atoms with Crippen molar-refractivity contribution in [2.45, 2.75) is 53.5 Å². The van der Waals surface area contributed by atoms with Crippen molar-refractivity contribution in [1.82, 2.24) is 10.3 Å². The van der Waals surface area contributed by atoms with Crippen LogP contribution in [0.3, 0.4) is 0 Å². The average Bonchev–Trinajstić information content (AvgIpc) is 2.50. The second-order valence-electron chi connectivity index (χ2n) is 5.53. The van der Waals surface area contributed by atoms with E-state index in [0.717, 1.165) is 48.8 Å². The van der Waals surface area contributed by atoms with E-state index >= 15 is 0 Å². The van der Waals surface area contributed by atoms with Gasteiger partial charge in [0.25, 0.3) is 0 Å². The van der Waals surface area contributed by atoms with Gasteiger partial charge in [0.15, 0.2) is 0 Å². The Kier molecular flexibility index (Phi) is 8.93. The fourth-order valence-electron chi connectivity index (χ4n) is 2.51. The minimum atomic E-state index is 0.742. The van der Waals surface area contributed by atoms with Gasteiger partial charge in [0.05, 0.1) is 0 Å². The van der Waals surface area contributed by atoms with E-state index in [1.165, 1.54) is 18.4 Å². The Hall–Kier alpha value is -0.610. The summed E-state index contributed by atoms with van der Waals surface area (Å²) in [5.41, 5.74) is 1.28. The molecule has 0 saturated heterocycles. The lowest BCUT2D eigenvalue weighted by Crippen LogP contribution is -2.31. The number of aromatic nitrogens is 1. The average molecular weight is 356 g/mol. The maximum Gasteiger partial charge on any atom is 0.133 e. The molecular weight excluding hydrogens is 326 g/mol. The number of halogens is 1. The summed E-state index contributed by atoms with van der Waals surface area (Å²) in [6.07, 6.45) is 5.52. The van der Waals surface area contributed by atoms with Gasteiger partial charge in [-0.05, 0) is 47.8 Å². The number of hydrogen-bond acceptors (Lipinski definition) is 3. The topological polar surface area (TPSA) is 28.2 Å². The first-order valence-electron chi connectivity index (χ1n) is 8.26. The van der Waals surface area contributed by atoms with E-state index in [9.17, 15) is 0 Å². The monoisotopic (exact) mass is 355 g/mol. The first-order chi connectivity index (χ1) is 10.2. The summed E-state index contributed by atoms with van der Waals surface area (Å²) in [6.45, 7) is 13.0. The molecular formula is C17H30BrN3. The molecule has 0 unspecified atom stereocenters. The van der Waals surface area contributed by atoms with Crippen molar-refractivity contribution >= 4 is 21.7 Å². The van der Waals surface area contributed by atoms with E-state index in [1.807, 2.05) is 6.20 Å². The van der Waals surface area contributed by atoms with Crippen LogP contribution >= 0.6 is 15.9 Å². The van der Waals surface area contributed by atoms with Crippen LogP contribution in [0.4, 0.5) is 5.82 Å².